The lowest BCUT2D eigenvalue weighted by atomic mass is 10.1. The number of ether oxygens (including phenoxy) is 1. The lowest BCUT2D eigenvalue weighted by Crippen LogP contribution is -2.32. The minimum absolute atomic E-state index is 0.194. The van der Waals surface area contributed by atoms with E-state index in [4.69, 9.17) is 4.74 Å². The minimum Gasteiger partial charge on any atom is -0.595 e. The lowest BCUT2D eigenvalue weighted by Gasteiger charge is -2.30. The molecule has 0 amide bonds. The van der Waals surface area contributed by atoms with Crippen molar-refractivity contribution in [1.29, 1.82) is 0 Å². The van der Waals surface area contributed by atoms with Crippen LogP contribution in [0, 0.1) is 5.92 Å². The predicted octanol–water partition coefficient (Wildman–Crippen LogP) is 1.71. The van der Waals surface area contributed by atoms with E-state index in [2.05, 4.69) is 11.9 Å². The highest BCUT2D eigenvalue weighted by molar-refractivity contribution is 5.62. The predicted molar refractivity (Wildman–Crippen MR) is 55.1 cm³/mol. The van der Waals surface area contributed by atoms with E-state index in [9.17, 15) is 5.11 Å². The molecule has 0 N–H and O–H groups in total. The van der Waals surface area contributed by atoms with E-state index in [0.717, 1.165) is 12.8 Å². The summed E-state index contributed by atoms with van der Waals surface area (Å²) < 4.78 is 5.13. The van der Waals surface area contributed by atoms with E-state index in [1.807, 2.05) is 20.8 Å². The maximum Gasteiger partial charge on any atom is 0.146 e. The standard InChI is InChI=1S/C11H21NO2/c1-8-5-6-9(7-8)12-10(13)14-11(2,3)4/h8-9H,5-7H2,1-4H3,(H,12,13)/p-1. The summed E-state index contributed by atoms with van der Waals surface area (Å²) in [5, 5.41) is 11.3. The number of nitrogens with zero attached hydrogens (tertiary/aromatic N) is 1. The highest BCUT2D eigenvalue weighted by Gasteiger charge is 2.20. The van der Waals surface area contributed by atoms with Gasteiger partial charge in [0.05, 0.1) is 6.04 Å². The molecule has 82 valence electrons. The molecule has 0 aromatic rings. The first kappa shape index (κ1) is 11.3. The Morgan fingerprint density at radius 2 is 2.00 bits per heavy atom. The molecular weight excluding hydrogens is 178 g/mol. The van der Waals surface area contributed by atoms with Crippen molar-refractivity contribution in [3.05, 3.63) is 0 Å². The third-order valence-electron chi connectivity index (χ3n) is 2.35. The summed E-state index contributed by atoms with van der Waals surface area (Å²) in [6, 6.07) is 0.194. The fourth-order valence-electron chi connectivity index (χ4n) is 1.73. The quantitative estimate of drug-likeness (QED) is 0.475. The van der Waals surface area contributed by atoms with Gasteiger partial charge in [0.15, 0.2) is 0 Å². The topological polar surface area (TPSA) is 44.7 Å². The average molecular weight is 198 g/mol. The largest absolute Gasteiger partial charge is 0.595 e. The van der Waals surface area contributed by atoms with Gasteiger partial charge >= 0.3 is 0 Å². The maximum absolute atomic E-state index is 11.3. The van der Waals surface area contributed by atoms with Crippen LogP contribution in [0.4, 0.5) is 0 Å². The smallest absolute Gasteiger partial charge is 0.146 e. The van der Waals surface area contributed by atoms with E-state index in [-0.39, 0.29) is 6.04 Å². The zero-order valence-electron chi connectivity index (χ0n) is 9.54. The maximum atomic E-state index is 11.3. The molecular formula is C11H20NO2-. The monoisotopic (exact) mass is 198 g/mol. The SMILES string of the molecule is CC1CCC(N=C([O-])OC(C)(C)C)C1. The van der Waals surface area contributed by atoms with Crippen LogP contribution in [0.1, 0.15) is 47.0 Å². The van der Waals surface area contributed by atoms with E-state index in [1.165, 1.54) is 6.42 Å². The van der Waals surface area contributed by atoms with Crippen LogP contribution in [0.5, 0.6) is 0 Å². The van der Waals surface area contributed by atoms with E-state index in [0.29, 0.717) is 5.92 Å². The molecule has 0 aliphatic heterocycles. The third kappa shape index (κ3) is 3.99. The van der Waals surface area contributed by atoms with Crippen molar-refractivity contribution in [2.24, 2.45) is 10.9 Å². The van der Waals surface area contributed by atoms with Crippen LogP contribution in [0.25, 0.3) is 0 Å². The summed E-state index contributed by atoms with van der Waals surface area (Å²) in [7, 11) is 0. The van der Waals surface area contributed by atoms with Gasteiger partial charge in [-0.05, 0) is 25.2 Å². The van der Waals surface area contributed by atoms with E-state index in [1.54, 1.807) is 0 Å². The van der Waals surface area contributed by atoms with Crippen LogP contribution in [0.2, 0.25) is 0 Å². The summed E-state index contributed by atoms with van der Waals surface area (Å²) in [4.78, 5) is 4.05. The van der Waals surface area contributed by atoms with E-state index >= 15 is 0 Å². The second-order valence-electron chi connectivity index (χ2n) is 5.18. The van der Waals surface area contributed by atoms with Crippen LogP contribution >= 0.6 is 0 Å². The number of hydrogen-bond donors (Lipinski definition) is 0. The summed E-state index contributed by atoms with van der Waals surface area (Å²) >= 11 is 0. The first-order valence-corrected chi connectivity index (χ1v) is 5.30. The Bertz CT molecular complexity index is 218. The third-order valence-corrected chi connectivity index (χ3v) is 2.35. The van der Waals surface area contributed by atoms with E-state index < -0.39 is 11.7 Å². The molecule has 0 bridgehead atoms. The van der Waals surface area contributed by atoms with Gasteiger partial charge in [0, 0.05) is 5.60 Å². The molecule has 1 aliphatic carbocycles. The molecule has 0 aromatic carbocycles. The van der Waals surface area contributed by atoms with Crippen molar-refractivity contribution in [2.75, 3.05) is 0 Å². The van der Waals surface area contributed by atoms with Gasteiger partial charge < -0.3 is 9.84 Å². The summed E-state index contributed by atoms with van der Waals surface area (Å²) in [5.74, 6) is 0.700. The molecule has 2 atom stereocenters. The van der Waals surface area contributed by atoms with Gasteiger partial charge in [-0.2, -0.15) is 0 Å². The highest BCUT2D eigenvalue weighted by atomic mass is 16.6. The Kier molecular flexibility index (Phi) is 3.40. The second-order valence-corrected chi connectivity index (χ2v) is 5.18. The average Bonchev–Trinajstić information content (AvgIpc) is 2.30. The fraction of sp³-hybridized carbons (Fsp3) is 0.909. The summed E-state index contributed by atoms with van der Waals surface area (Å²) in [5.41, 5.74) is -0.426. The minimum atomic E-state index is -0.426. The molecule has 1 rings (SSSR count). The first-order chi connectivity index (χ1) is 6.37. The summed E-state index contributed by atoms with van der Waals surface area (Å²) in [6.07, 6.45) is 2.83. The molecule has 1 fully saturated rings. The van der Waals surface area contributed by atoms with Gasteiger partial charge in [-0.3, -0.25) is 4.99 Å². The molecule has 2 unspecified atom stereocenters. The molecule has 0 radical (unpaired) electrons. The normalized spacial score (nSPS) is 29.3. The molecule has 0 spiro atoms. The summed E-state index contributed by atoms with van der Waals surface area (Å²) in [6.45, 7) is 7.78. The van der Waals surface area contributed by atoms with Crippen LogP contribution in [-0.2, 0) is 4.74 Å². The second kappa shape index (κ2) is 4.20. The number of rotatable bonds is 1. The van der Waals surface area contributed by atoms with Gasteiger partial charge in [-0.15, -0.1) is 0 Å². The molecule has 0 heterocycles. The zero-order chi connectivity index (χ0) is 10.8. The Morgan fingerprint density at radius 3 is 2.43 bits per heavy atom. The highest BCUT2D eigenvalue weighted by Crippen LogP contribution is 2.27. The molecule has 0 saturated heterocycles. The Morgan fingerprint density at radius 1 is 1.36 bits per heavy atom. The van der Waals surface area contributed by atoms with Gasteiger partial charge in [-0.1, -0.05) is 27.7 Å². The van der Waals surface area contributed by atoms with Crippen LogP contribution in [0.3, 0.4) is 0 Å². The van der Waals surface area contributed by atoms with Crippen molar-refractivity contribution in [1.82, 2.24) is 0 Å². The number of aliphatic imine (C=N–C) groups is 1. The Hall–Kier alpha value is -0.730. The van der Waals surface area contributed by atoms with Gasteiger partial charge in [0.2, 0.25) is 0 Å². The van der Waals surface area contributed by atoms with Crippen LogP contribution in [0.15, 0.2) is 4.99 Å². The van der Waals surface area contributed by atoms with Crippen molar-refractivity contribution in [3.8, 4) is 0 Å². The van der Waals surface area contributed by atoms with Gasteiger partial charge in [-0.25, -0.2) is 0 Å². The molecule has 3 heteroatoms. The zero-order valence-corrected chi connectivity index (χ0v) is 9.54. The van der Waals surface area contributed by atoms with Crippen molar-refractivity contribution < 1.29 is 9.84 Å². The van der Waals surface area contributed by atoms with Crippen LogP contribution in [-0.4, -0.2) is 17.7 Å². The van der Waals surface area contributed by atoms with Crippen molar-refractivity contribution >= 4 is 6.08 Å². The van der Waals surface area contributed by atoms with Gasteiger partial charge in [0.25, 0.3) is 0 Å². The van der Waals surface area contributed by atoms with Gasteiger partial charge in [0.1, 0.15) is 6.08 Å². The van der Waals surface area contributed by atoms with Crippen molar-refractivity contribution in [3.63, 3.8) is 0 Å². The van der Waals surface area contributed by atoms with Crippen molar-refractivity contribution in [2.45, 2.75) is 58.6 Å². The molecule has 0 aromatic heterocycles. The van der Waals surface area contributed by atoms with Crippen LogP contribution < -0.4 is 5.11 Å². The first-order valence-electron chi connectivity index (χ1n) is 5.30. The number of hydrogen-bond acceptors (Lipinski definition) is 3. The Balaban J connectivity index is 2.44. The molecule has 1 aliphatic rings. The molecule has 3 nitrogen and oxygen atoms in total. The molecule has 1 saturated carbocycles. The Labute approximate surface area is 86.2 Å². The molecule has 14 heavy (non-hydrogen) atoms. The lowest BCUT2D eigenvalue weighted by molar-refractivity contribution is -0.260. The fourth-order valence-corrected chi connectivity index (χ4v) is 1.73.